The molecule has 3 N–H and O–H groups in total. The highest BCUT2D eigenvalue weighted by molar-refractivity contribution is 7.86. The van der Waals surface area contributed by atoms with Crippen molar-refractivity contribution in [1.82, 2.24) is 0 Å². The van der Waals surface area contributed by atoms with Crippen molar-refractivity contribution in [3.8, 4) is 5.75 Å². The summed E-state index contributed by atoms with van der Waals surface area (Å²) in [6.07, 6.45) is 0. The van der Waals surface area contributed by atoms with Crippen LogP contribution in [-0.2, 0) is 20.2 Å². The van der Waals surface area contributed by atoms with Crippen LogP contribution in [0.25, 0.3) is 10.8 Å². The Bertz CT molecular complexity index is 962. The van der Waals surface area contributed by atoms with Gasteiger partial charge in [0.15, 0.2) is 0 Å². The van der Waals surface area contributed by atoms with Crippen LogP contribution in [0, 0.1) is 4.91 Å². The first-order valence-corrected chi connectivity index (χ1v) is 8.02. The SMILES string of the molecule is O=Nc1c(S(=O)(=O)O)cc(O)c2cc(S(=O)(=O)O)ccc12. The lowest BCUT2D eigenvalue weighted by Crippen LogP contribution is -2.00. The van der Waals surface area contributed by atoms with Crippen molar-refractivity contribution in [1.29, 1.82) is 0 Å². The molecule has 11 heteroatoms. The predicted octanol–water partition coefficient (Wildman–Crippen LogP) is 1.44. The molecule has 0 radical (unpaired) electrons. The summed E-state index contributed by atoms with van der Waals surface area (Å²) in [6, 6.07) is 3.26. The third-order valence-electron chi connectivity index (χ3n) is 2.69. The van der Waals surface area contributed by atoms with Gasteiger partial charge in [0.1, 0.15) is 16.3 Å². The number of nitrogens with zero attached hydrogens (tertiary/aromatic N) is 1. The number of nitroso groups, excluding NO2 is 1. The molecular weight excluding hydrogens is 326 g/mol. The normalized spacial score (nSPS) is 12.5. The molecule has 2 aromatic rings. The summed E-state index contributed by atoms with van der Waals surface area (Å²) in [5.74, 6) is -0.712. The average molecular weight is 333 g/mol. The summed E-state index contributed by atoms with van der Waals surface area (Å²) >= 11 is 0. The Labute approximate surface area is 118 Å². The van der Waals surface area contributed by atoms with Crippen molar-refractivity contribution in [3.05, 3.63) is 29.2 Å². The zero-order valence-corrected chi connectivity index (χ0v) is 11.6. The van der Waals surface area contributed by atoms with Crippen molar-refractivity contribution in [2.45, 2.75) is 9.79 Å². The van der Waals surface area contributed by atoms with Gasteiger partial charge in [-0.05, 0) is 17.3 Å². The van der Waals surface area contributed by atoms with Crippen LogP contribution >= 0.6 is 0 Å². The highest BCUT2D eigenvalue weighted by Crippen LogP contribution is 2.39. The Morgan fingerprint density at radius 3 is 2.00 bits per heavy atom. The van der Waals surface area contributed by atoms with Crippen LogP contribution < -0.4 is 0 Å². The Kier molecular flexibility index (Phi) is 3.45. The number of benzene rings is 2. The predicted molar refractivity (Wildman–Crippen MR) is 70.7 cm³/mol. The van der Waals surface area contributed by atoms with E-state index >= 15 is 0 Å². The fraction of sp³-hybridized carbons (Fsp3) is 0. The third kappa shape index (κ3) is 2.71. The first-order chi connectivity index (χ1) is 9.55. The van der Waals surface area contributed by atoms with Crippen LogP contribution in [0.3, 0.4) is 0 Å². The van der Waals surface area contributed by atoms with Crippen molar-refractivity contribution in [2.24, 2.45) is 5.18 Å². The lowest BCUT2D eigenvalue weighted by molar-refractivity contribution is 0.470. The lowest BCUT2D eigenvalue weighted by atomic mass is 10.1. The van der Waals surface area contributed by atoms with E-state index in [1.807, 2.05) is 0 Å². The first kappa shape index (κ1) is 15.3. The van der Waals surface area contributed by atoms with Gasteiger partial charge in [-0.1, -0.05) is 6.07 Å². The molecule has 0 bridgehead atoms. The lowest BCUT2D eigenvalue weighted by Gasteiger charge is -2.08. The van der Waals surface area contributed by atoms with E-state index in [2.05, 4.69) is 5.18 Å². The van der Waals surface area contributed by atoms with Crippen LogP contribution in [0.15, 0.2) is 39.2 Å². The van der Waals surface area contributed by atoms with Crippen LogP contribution in [0.5, 0.6) is 5.75 Å². The van der Waals surface area contributed by atoms with Crippen LogP contribution in [-0.4, -0.2) is 31.0 Å². The monoisotopic (exact) mass is 333 g/mol. The summed E-state index contributed by atoms with van der Waals surface area (Å²) in [6.45, 7) is 0. The maximum absolute atomic E-state index is 11.1. The third-order valence-corrected chi connectivity index (χ3v) is 4.41. The second-order valence-corrected chi connectivity index (χ2v) is 6.80. The Balaban J connectivity index is 2.99. The molecule has 9 nitrogen and oxygen atoms in total. The number of phenols is 1. The number of fused-ring (bicyclic) bond motifs is 1. The topological polar surface area (TPSA) is 158 Å². The molecule has 0 aliphatic rings. The summed E-state index contributed by atoms with van der Waals surface area (Å²) < 4.78 is 62.2. The van der Waals surface area contributed by atoms with Gasteiger partial charge in [0.2, 0.25) is 0 Å². The molecule has 2 rings (SSSR count). The maximum atomic E-state index is 11.1. The average Bonchev–Trinajstić information content (AvgIpc) is 2.36. The zero-order chi connectivity index (χ0) is 16.0. The molecule has 0 amide bonds. The molecule has 0 saturated carbocycles. The maximum Gasteiger partial charge on any atom is 0.296 e. The first-order valence-electron chi connectivity index (χ1n) is 5.14. The summed E-state index contributed by atoms with van der Waals surface area (Å²) in [4.78, 5) is 9.32. The second-order valence-electron chi connectivity index (χ2n) is 3.99. The van der Waals surface area contributed by atoms with Gasteiger partial charge in [0.05, 0.1) is 4.90 Å². The highest BCUT2D eigenvalue weighted by Gasteiger charge is 2.23. The quantitative estimate of drug-likeness (QED) is 0.562. The van der Waals surface area contributed by atoms with E-state index in [0.717, 1.165) is 18.2 Å². The van der Waals surface area contributed by atoms with Crippen molar-refractivity contribution in [2.75, 3.05) is 0 Å². The van der Waals surface area contributed by atoms with Crippen molar-refractivity contribution < 1.29 is 31.0 Å². The molecule has 112 valence electrons. The Hall–Kier alpha value is -2.08. The number of phenolic OH excluding ortho intramolecular Hbond substituents is 1. The summed E-state index contributed by atoms with van der Waals surface area (Å²) in [7, 11) is -9.38. The summed E-state index contributed by atoms with van der Waals surface area (Å²) in [5.41, 5.74) is -0.688. The minimum Gasteiger partial charge on any atom is -0.507 e. The molecule has 0 aliphatic heterocycles. The van der Waals surface area contributed by atoms with Gasteiger partial charge in [0.25, 0.3) is 20.2 Å². The number of hydrogen-bond acceptors (Lipinski definition) is 7. The molecule has 21 heavy (non-hydrogen) atoms. The van der Waals surface area contributed by atoms with Gasteiger partial charge in [-0.2, -0.15) is 16.8 Å². The van der Waals surface area contributed by atoms with E-state index in [1.54, 1.807) is 0 Å². The van der Waals surface area contributed by atoms with E-state index in [-0.39, 0.29) is 10.8 Å². The number of hydrogen-bond donors (Lipinski definition) is 3. The summed E-state index contributed by atoms with van der Waals surface area (Å²) in [5, 5.41) is 11.8. The van der Waals surface area contributed by atoms with Gasteiger partial charge in [-0.25, -0.2) is 0 Å². The van der Waals surface area contributed by atoms with Crippen molar-refractivity contribution in [3.63, 3.8) is 0 Å². The molecule has 0 aliphatic carbocycles. The molecule has 2 aromatic carbocycles. The molecule has 0 saturated heterocycles. The van der Waals surface area contributed by atoms with Gasteiger partial charge < -0.3 is 5.11 Å². The van der Waals surface area contributed by atoms with E-state index in [1.165, 1.54) is 0 Å². The minimum absolute atomic E-state index is 0.204. The van der Waals surface area contributed by atoms with Gasteiger partial charge in [-0.15, -0.1) is 4.91 Å². The smallest absolute Gasteiger partial charge is 0.296 e. The Morgan fingerprint density at radius 1 is 0.905 bits per heavy atom. The standard InChI is InChI=1S/C10H7NO8S2/c12-8-4-9(21(17,18)19)10(11-13)6-2-1-5(3-7(6)8)20(14,15)16/h1-4,12H,(H,14,15,16)(H,17,18,19). The van der Waals surface area contributed by atoms with Crippen molar-refractivity contribution >= 4 is 36.7 Å². The molecular formula is C10H7NO8S2. The van der Waals surface area contributed by atoms with E-state index in [0.29, 0.717) is 6.07 Å². The largest absolute Gasteiger partial charge is 0.507 e. The zero-order valence-electron chi connectivity index (χ0n) is 9.96. The molecule has 0 fully saturated rings. The fourth-order valence-electron chi connectivity index (χ4n) is 1.80. The van der Waals surface area contributed by atoms with Crippen LogP contribution in [0.1, 0.15) is 0 Å². The minimum atomic E-state index is -4.82. The molecule has 0 aromatic heterocycles. The molecule has 0 unspecified atom stereocenters. The van der Waals surface area contributed by atoms with Gasteiger partial charge in [-0.3, -0.25) is 9.11 Å². The molecule has 0 spiro atoms. The van der Waals surface area contributed by atoms with Gasteiger partial charge >= 0.3 is 0 Å². The Morgan fingerprint density at radius 2 is 1.52 bits per heavy atom. The number of rotatable bonds is 3. The second kappa shape index (κ2) is 4.73. The molecule has 0 atom stereocenters. The number of aromatic hydroxyl groups is 1. The van der Waals surface area contributed by atoms with E-state index in [9.17, 15) is 26.8 Å². The van der Waals surface area contributed by atoms with Crippen LogP contribution in [0.2, 0.25) is 0 Å². The fourth-order valence-corrected chi connectivity index (χ4v) is 2.95. The van der Waals surface area contributed by atoms with Gasteiger partial charge in [0, 0.05) is 16.8 Å². The van der Waals surface area contributed by atoms with E-state index < -0.39 is 41.5 Å². The van der Waals surface area contributed by atoms with Crippen LogP contribution in [0.4, 0.5) is 5.69 Å². The highest BCUT2D eigenvalue weighted by atomic mass is 32.2. The van der Waals surface area contributed by atoms with E-state index in [4.69, 9.17) is 9.11 Å². The molecule has 0 heterocycles.